The smallest absolute Gasteiger partial charge is 0.269 e. The molecule has 7 heteroatoms. The molecule has 0 saturated carbocycles. The summed E-state index contributed by atoms with van der Waals surface area (Å²) in [5.41, 5.74) is 0. The molecule has 2 amide bonds. The van der Waals surface area contributed by atoms with Gasteiger partial charge in [-0.15, -0.1) is 9.92 Å². The summed E-state index contributed by atoms with van der Waals surface area (Å²) in [4.78, 5) is 34.5. The van der Waals surface area contributed by atoms with Crippen molar-refractivity contribution >= 4 is 11.8 Å². The van der Waals surface area contributed by atoms with E-state index in [4.69, 9.17) is 0 Å². The van der Waals surface area contributed by atoms with E-state index in [1.165, 1.54) is 0 Å². The lowest BCUT2D eigenvalue weighted by molar-refractivity contribution is -0.147. The van der Waals surface area contributed by atoms with E-state index in [0.29, 0.717) is 17.9 Å². The van der Waals surface area contributed by atoms with Crippen molar-refractivity contribution in [1.82, 2.24) is 15.6 Å². The summed E-state index contributed by atoms with van der Waals surface area (Å²) < 4.78 is 0. The van der Waals surface area contributed by atoms with Crippen LogP contribution in [0.3, 0.4) is 0 Å². The van der Waals surface area contributed by atoms with E-state index in [2.05, 4.69) is 15.9 Å². The van der Waals surface area contributed by atoms with E-state index in [1.807, 2.05) is 0 Å². The van der Waals surface area contributed by atoms with Gasteiger partial charge in [0, 0.05) is 0 Å². The SMILES string of the molecule is O=NN(C(=O)C1CCCN1)C(=O)C1CCCN1. The number of nitroso groups, excluding NO2 is 1. The molecule has 94 valence electrons. The zero-order chi connectivity index (χ0) is 12.3. The van der Waals surface area contributed by atoms with Gasteiger partial charge in [0.2, 0.25) is 0 Å². The number of nitrogens with zero attached hydrogens (tertiary/aromatic N) is 2. The molecule has 17 heavy (non-hydrogen) atoms. The van der Waals surface area contributed by atoms with Gasteiger partial charge in [-0.05, 0) is 38.8 Å². The highest BCUT2D eigenvalue weighted by atomic mass is 16.3. The van der Waals surface area contributed by atoms with Gasteiger partial charge < -0.3 is 10.6 Å². The maximum atomic E-state index is 11.9. The van der Waals surface area contributed by atoms with Gasteiger partial charge >= 0.3 is 0 Å². The second kappa shape index (κ2) is 5.33. The van der Waals surface area contributed by atoms with Crippen LogP contribution < -0.4 is 10.6 Å². The van der Waals surface area contributed by atoms with Crippen LogP contribution in [0.2, 0.25) is 0 Å². The van der Waals surface area contributed by atoms with Crippen LogP contribution >= 0.6 is 0 Å². The summed E-state index contributed by atoms with van der Waals surface area (Å²) in [7, 11) is 0. The molecule has 0 aliphatic carbocycles. The van der Waals surface area contributed by atoms with Crippen molar-refractivity contribution in [2.75, 3.05) is 13.1 Å². The number of amides is 2. The number of nitrogens with one attached hydrogen (secondary N) is 2. The van der Waals surface area contributed by atoms with Crippen LogP contribution in [-0.2, 0) is 9.59 Å². The van der Waals surface area contributed by atoms with Crippen molar-refractivity contribution in [3.8, 4) is 0 Å². The Morgan fingerprint density at radius 1 is 1.00 bits per heavy atom. The molecule has 2 heterocycles. The monoisotopic (exact) mass is 240 g/mol. The maximum Gasteiger partial charge on any atom is 0.269 e. The molecule has 2 unspecified atom stereocenters. The Balaban J connectivity index is 2.01. The Hall–Kier alpha value is -1.34. The van der Waals surface area contributed by atoms with Crippen LogP contribution in [0.4, 0.5) is 0 Å². The van der Waals surface area contributed by atoms with E-state index >= 15 is 0 Å². The largest absolute Gasteiger partial charge is 0.306 e. The third kappa shape index (κ3) is 2.50. The molecule has 2 rings (SSSR count). The highest BCUT2D eigenvalue weighted by molar-refractivity contribution is 5.99. The molecule has 0 aromatic heterocycles. The van der Waals surface area contributed by atoms with Gasteiger partial charge in [-0.25, -0.2) is 0 Å². The quantitative estimate of drug-likeness (QED) is 0.395. The zero-order valence-corrected chi connectivity index (χ0v) is 9.52. The highest BCUT2D eigenvalue weighted by Gasteiger charge is 2.36. The molecule has 0 aromatic carbocycles. The van der Waals surface area contributed by atoms with Gasteiger partial charge in [0.1, 0.15) is 0 Å². The van der Waals surface area contributed by atoms with Crippen molar-refractivity contribution in [2.45, 2.75) is 37.8 Å². The average molecular weight is 240 g/mol. The molecule has 2 N–H and O–H groups in total. The van der Waals surface area contributed by atoms with Crippen molar-refractivity contribution in [3.63, 3.8) is 0 Å². The maximum absolute atomic E-state index is 11.9. The molecule has 0 aromatic rings. The fourth-order valence-electron chi connectivity index (χ4n) is 2.27. The number of rotatable bonds is 3. The molecule has 2 aliphatic rings. The van der Waals surface area contributed by atoms with Crippen molar-refractivity contribution in [3.05, 3.63) is 4.91 Å². The molecule has 2 fully saturated rings. The minimum absolute atomic E-state index is 0.446. The topological polar surface area (TPSA) is 90.9 Å². The molecular formula is C10H16N4O3. The molecule has 2 atom stereocenters. The number of hydrogen-bond donors (Lipinski definition) is 2. The Morgan fingerprint density at radius 2 is 1.47 bits per heavy atom. The van der Waals surface area contributed by atoms with E-state index < -0.39 is 23.9 Å². The second-order valence-corrected chi connectivity index (χ2v) is 4.37. The average Bonchev–Trinajstić information content (AvgIpc) is 3.03. The van der Waals surface area contributed by atoms with Gasteiger partial charge in [0.25, 0.3) is 11.8 Å². The first-order chi connectivity index (χ1) is 8.24. The fourth-order valence-corrected chi connectivity index (χ4v) is 2.27. The Labute approximate surface area is 98.9 Å². The number of imide groups is 1. The third-order valence-corrected chi connectivity index (χ3v) is 3.22. The fraction of sp³-hybridized carbons (Fsp3) is 0.800. The molecule has 0 bridgehead atoms. The Morgan fingerprint density at radius 3 is 1.76 bits per heavy atom. The van der Waals surface area contributed by atoms with Crippen LogP contribution in [0, 0.1) is 4.91 Å². The minimum atomic E-state index is -0.531. The summed E-state index contributed by atoms with van der Waals surface area (Å²) in [6, 6.07) is -0.892. The van der Waals surface area contributed by atoms with Gasteiger partial charge in [0.05, 0.1) is 17.4 Å². The van der Waals surface area contributed by atoms with Crippen molar-refractivity contribution in [2.24, 2.45) is 5.29 Å². The first-order valence-electron chi connectivity index (χ1n) is 5.92. The lowest BCUT2D eigenvalue weighted by Gasteiger charge is -2.19. The first kappa shape index (κ1) is 12.1. The van der Waals surface area contributed by atoms with Gasteiger partial charge in [-0.1, -0.05) is 0 Å². The summed E-state index contributed by atoms with van der Waals surface area (Å²) in [5.74, 6) is -1.06. The van der Waals surface area contributed by atoms with E-state index in [9.17, 15) is 14.5 Å². The van der Waals surface area contributed by atoms with Crippen LogP contribution in [0.15, 0.2) is 5.29 Å². The number of carbonyl (C=O) groups is 2. The normalized spacial score (nSPS) is 28.0. The molecule has 2 saturated heterocycles. The first-order valence-corrected chi connectivity index (χ1v) is 5.92. The van der Waals surface area contributed by atoms with Crippen LogP contribution in [0.1, 0.15) is 25.7 Å². The van der Waals surface area contributed by atoms with Crippen LogP contribution in [0.25, 0.3) is 0 Å². The van der Waals surface area contributed by atoms with E-state index in [-0.39, 0.29) is 0 Å². The van der Waals surface area contributed by atoms with Crippen LogP contribution in [0.5, 0.6) is 0 Å². The lowest BCUT2D eigenvalue weighted by atomic mass is 10.2. The number of hydrogen-bond acceptors (Lipinski definition) is 6. The van der Waals surface area contributed by atoms with E-state index in [1.54, 1.807) is 0 Å². The van der Waals surface area contributed by atoms with Gasteiger partial charge in [-0.3, -0.25) is 9.59 Å². The van der Waals surface area contributed by atoms with Gasteiger partial charge in [0.15, 0.2) is 0 Å². The highest BCUT2D eigenvalue weighted by Crippen LogP contribution is 2.13. The molecule has 2 aliphatic heterocycles. The third-order valence-electron chi connectivity index (χ3n) is 3.22. The summed E-state index contributed by atoms with van der Waals surface area (Å²) in [5, 5.41) is 8.97. The van der Waals surface area contributed by atoms with E-state index in [0.717, 1.165) is 25.9 Å². The van der Waals surface area contributed by atoms with Crippen LogP contribution in [-0.4, -0.2) is 42.0 Å². The van der Waals surface area contributed by atoms with Crippen molar-refractivity contribution in [1.29, 1.82) is 0 Å². The minimum Gasteiger partial charge on any atom is -0.306 e. The Bertz CT molecular complexity index is 294. The summed E-state index contributed by atoms with van der Waals surface area (Å²) in [6.45, 7) is 1.47. The number of carbonyl (C=O) groups excluding carboxylic acids is 2. The lowest BCUT2D eigenvalue weighted by Crippen LogP contribution is -2.49. The summed E-state index contributed by atoms with van der Waals surface area (Å²) >= 11 is 0. The molecular weight excluding hydrogens is 224 g/mol. The summed E-state index contributed by atoms with van der Waals surface area (Å²) in [6.07, 6.45) is 3.05. The van der Waals surface area contributed by atoms with Crippen molar-refractivity contribution < 1.29 is 9.59 Å². The second-order valence-electron chi connectivity index (χ2n) is 4.37. The molecule has 0 spiro atoms. The zero-order valence-electron chi connectivity index (χ0n) is 9.52. The Kier molecular flexibility index (Phi) is 3.80. The van der Waals surface area contributed by atoms with Gasteiger partial charge in [-0.2, -0.15) is 0 Å². The molecule has 7 nitrogen and oxygen atoms in total. The predicted molar refractivity (Wildman–Crippen MR) is 59.7 cm³/mol. The standard InChI is InChI=1S/C10H16N4O3/c15-9(7-3-1-5-11-7)14(13-17)10(16)8-4-2-6-12-8/h7-8,11-12H,1-6H2. The molecule has 0 radical (unpaired) electrons. The predicted octanol–water partition coefficient (Wildman–Crippen LogP) is -0.473.